The largest absolute Gasteiger partial charge is 0.373 e. The van der Waals surface area contributed by atoms with Gasteiger partial charge < -0.3 is 20.3 Å². The molecule has 2 unspecified atom stereocenters. The fourth-order valence-electron chi connectivity index (χ4n) is 4.01. The highest BCUT2D eigenvalue weighted by atomic mass is 16.5. The minimum Gasteiger partial charge on any atom is -0.373 e. The topological polar surface area (TPSA) is 66.0 Å². The second-order valence-electron chi connectivity index (χ2n) is 7.72. The number of nitrogens with zero attached hydrogens (tertiary/aromatic N) is 2. The molecule has 6 nitrogen and oxygen atoms in total. The maximum absolute atomic E-state index is 11.6. The molecule has 2 aliphatic rings. The Hall–Kier alpha value is -2.08. The van der Waals surface area contributed by atoms with Gasteiger partial charge in [0.25, 0.3) is 0 Å². The Labute approximate surface area is 168 Å². The number of carbonyl (C=O) groups excluding carboxylic acids is 1. The highest BCUT2D eigenvalue weighted by Crippen LogP contribution is 2.32. The number of benzene rings is 1. The van der Waals surface area contributed by atoms with Gasteiger partial charge in [-0.15, -0.1) is 0 Å². The number of nitrogens with one attached hydrogen (secondary N) is 2. The summed E-state index contributed by atoms with van der Waals surface area (Å²) in [6.07, 6.45) is 6.07. The zero-order valence-electron chi connectivity index (χ0n) is 17.2. The quantitative estimate of drug-likeness (QED) is 0.430. The summed E-state index contributed by atoms with van der Waals surface area (Å²) >= 11 is 0. The van der Waals surface area contributed by atoms with Crippen LogP contribution in [0.1, 0.15) is 56.3 Å². The first-order valence-electron chi connectivity index (χ1n) is 10.7. The molecule has 6 heteroatoms. The summed E-state index contributed by atoms with van der Waals surface area (Å²) in [6, 6.07) is 8.91. The average molecular weight is 387 g/mol. The highest BCUT2D eigenvalue weighted by molar-refractivity contribution is 5.81. The van der Waals surface area contributed by atoms with Crippen LogP contribution in [0.5, 0.6) is 0 Å². The van der Waals surface area contributed by atoms with Crippen LogP contribution in [0.25, 0.3) is 0 Å². The van der Waals surface area contributed by atoms with Crippen molar-refractivity contribution in [3.63, 3.8) is 0 Å². The molecule has 1 aliphatic heterocycles. The van der Waals surface area contributed by atoms with Crippen LogP contribution < -0.4 is 10.6 Å². The summed E-state index contributed by atoms with van der Waals surface area (Å²) in [4.78, 5) is 18.1. The van der Waals surface area contributed by atoms with E-state index >= 15 is 0 Å². The van der Waals surface area contributed by atoms with E-state index in [1.807, 2.05) is 7.05 Å². The number of hydrogen-bond donors (Lipinski definition) is 2. The lowest BCUT2D eigenvalue weighted by molar-refractivity contribution is -0.132. The van der Waals surface area contributed by atoms with Crippen LogP contribution in [0.2, 0.25) is 0 Å². The first kappa shape index (κ1) is 20.6. The molecule has 28 heavy (non-hydrogen) atoms. The van der Waals surface area contributed by atoms with Gasteiger partial charge in [0.1, 0.15) is 0 Å². The van der Waals surface area contributed by atoms with Crippen molar-refractivity contribution in [3.05, 3.63) is 35.4 Å². The van der Waals surface area contributed by atoms with Crippen LogP contribution >= 0.6 is 0 Å². The van der Waals surface area contributed by atoms with E-state index in [2.05, 4.69) is 46.8 Å². The molecule has 1 aromatic carbocycles. The number of carbonyl (C=O) groups is 1. The van der Waals surface area contributed by atoms with Gasteiger partial charge in [0.2, 0.25) is 5.91 Å². The number of ether oxygens (including phenoxy) is 1. The molecule has 0 bridgehead atoms. The van der Waals surface area contributed by atoms with E-state index in [1.54, 1.807) is 4.90 Å². The monoisotopic (exact) mass is 386 g/mol. The predicted molar refractivity (Wildman–Crippen MR) is 112 cm³/mol. The van der Waals surface area contributed by atoms with E-state index < -0.39 is 0 Å². The Kier molecular flexibility index (Phi) is 7.71. The molecule has 0 aromatic heterocycles. The average Bonchev–Trinajstić information content (AvgIpc) is 2.70. The molecule has 2 atom stereocenters. The second kappa shape index (κ2) is 10.5. The van der Waals surface area contributed by atoms with Crippen molar-refractivity contribution < 1.29 is 9.53 Å². The number of likely N-dealkylation sites (tertiary alicyclic amines) is 1. The fourth-order valence-corrected chi connectivity index (χ4v) is 4.01. The highest BCUT2D eigenvalue weighted by Gasteiger charge is 2.23. The number of likely N-dealkylation sites (N-methyl/N-ethyl adjacent to an activating group) is 1. The Bertz CT molecular complexity index is 676. The van der Waals surface area contributed by atoms with Crippen molar-refractivity contribution >= 4 is 11.9 Å². The SMILES string of the molecule is CCNC(=NCCCOC1CCCc2ccccc21)NC1CCC(=O)N(C)C1. The number of amides is 1. The zero-order valence-corrected chi connectivity index (χ0v) is 17.2. The molecule has 0 radical (unpaired) electrons. The van der Waals surface area contributed by atoms with Crippen LogP contribution in [0.4, 0.5) is 0 Å². The van der Waals surface area contributed by atoms with E-state index in [4.69, 9.17) is 4.74 Å². The smallest absolute Gasteiger partial charge is 0.222 e. The van der Waals surface area contributed by atoms with Crippen molar-refractivity contribution in [2.75, 3.05) is 33.3 Å². The summed E-state index contributed by atoms with van der Waals surface area (Å²) in [6.45, 7) is 5.07. The summed E-state index contributed by atoms with van der Waals surface area (Å²) < 4.78 is 6.17. The lowest BCUT2D eigenvalue weighted by atomic mass is 9.89. The van der Waals surface area contributed by atoms with Crippen LogP contribution in [-0.2, 0) is 16.0 Å². The van der Waals surface area contributed by atoms with E-state index in [0.29, 0.717) is 6.42 Å². The van der Waals surface area contributed by atoms with Gasteiger partial charge in [0.15, 0.2) is 5.96 Å². The molecule has 2 N–H and O–H groups in total. The van der Waals surface area contributed by atoms with Gasteiger partial charge in [0, 0.05) is 45.8 Å². The number of aryl methyl sites for hydroxylation is 1. The molecule has 0 saturated carbocycles. The van der Waals surface area contributed by atoms with Gasteiger partial charge in [-0.2, -0.15) is 0 Å². The molecule has 154 valence electrons. The fraction of sp³-hybridized carbons (Fsp3) is 0.636. The van der Waals surface area contributed by atoms with Crippen molar-refractivity contribution in [3.8, 4) is 0 Å². The Morgan fingerprint density at radius 3 is 2.96 bits per heavy atom. The predicted octanol–water partition coefficient (Wildman–Crippen LogP) is 2.65. The van der Waals surface area contributed by atoms with E-state index in [1.165, 1.54) is 24.0 Å². The van der Waals surface area contributed by atoms with Crippen molar-refractivity contribution in [2.45, 2.75) is 57.6 Å². The van der Waals surface area contributed by atoms with Gasteiger partial charge >= 0.3 is 0 Å². The Balaban J connectivity index is 1.43. The zero-order chi connectivity index (χ0) is 19.8. The third-order valence-electron chi connectivity index (χ3n) is 5.52. The van der Waals surface area contributed by atoms with Crippen LogP contribution in [0.3, 0.4) is 0 Å². The maximum Gasteiger partial charge on any atom is 0.222 e. The lowest BCUT2D eigenvalue weighted by Gasteiger charge is -2.31. The normalized spacial score (nSPS) is 22.7. The summed E-state index contributed by atoms with van der Waals surface area (Å²) in [5.74, 6) is 1.06. The van der Waals surface area contributed by atoms with E-state index in [-0.39, 0.29) is 18.1 Å². The van der Waals surface area contributed by atoms with Crippen molar-refractivity contribution in [1.29, 1.82) is 0 Å². The molecule has 0 spiro atoms. The molecular weight excluding hydrogens is 352 g/mol. The van der Waals surface area contributed by atoms with Gasteiger partial charge in [-0.3, -0.25) is 9.79 Å². The Morgan fingerprint density at radius 2 is 2.14 bits per heavy atom. The molecule has 1 saturated heterocycles. The van der Waals surface area contributed by atoms with Gasteiger partial charge in [-0.1, -0.05) is 24.3 Å². The standard InChI is InChI=1S/C22H34N4O2/c1-3-23-22(25-18-12-13-21(27)26(2)16-18)24-14-7-15-28-20-11-6-9-17-8-4-5-10-19(17)20/h4-5,8,10,18,20H,3,6-7,9,11-16H2,1-2H3,(H2,23,24,25). The first-order valence-corrected chi connectivity index (χ1v) is 10.7. The van der Waals surface area contributed by atoms with Crippen molar-refractivity contribution in [2.24, 2.45) is 4.99 Å². The van der Waals surface area contributed by atoms with Crippen molar-refractivity contribution in [1.82, 2.24) is 15.5 Å². The van der Waals surface area contributed by atoms with Crippen LogP contribution in [0, 0.1) is 0 Å². The van der Waals surface area contributed by atoms with E-state index in [0.717, 1.165) is 51.5 Å². The summed E-state index contributed by atoms with van der Waals surface area (Å²) in [5, 5.41) is 6.77. The minimum atomic E-state index is 0.224. The molecule has 1 aliphatic carbocycles. The van der Waals surface area contributed by atoms with Crippen LogP contribution in [0.15, 0.2) is 29.3 Å². The number of hydrogen-bond acceptors (Lipinski definition) is 3. The lowest BCUT2D eigenvalue weighted by Crippen LogP contribution is -2.51. The molecule has 1 fully saturated rings. The number of guanidine groups is 1. The molecule has 3 rings (SSSR count). The van der Waals surface area contributed by atoms with Gasteiger partial charge in [-0.05, 0) is 50.2 Å². The van der Waals surface area contributed by atoms with E-state index in [9.17, 15) is 4.79 Å². The third-order valence-corrected chi connectivity index (χ3v) is 5.52. The summed E-state index contributed by atoms with van der Waals surface area (Å²) in [5.41, 5.74) is 2.80. The van der Waals surface area contributed by atoms with Gasteiger partial charge in [0.05, 0.1) is 6.10 Å². The number of fused-ring (bicyclic) bond motifs is 1. The number of aliphatic imine (C=N–C) groups is 1. The van der Waals surface area contributed by atoms with Crippen LogP contribution in [-0.4, -0.2) is 56.1 Å². The molecule has 1 aromatic rings. The minimum absolute atomic E-state index is 0.224. The molecular formula is C22H34N4O2. The second-order valence-corrected chi connectivity index (χ2v) is 7.72. The number of rotatable bonds is 7. The molecule has 1 heterocycles. The maximum atomic E-state index is 11.6. The molecule has 1 amide bonds. The third kappa shape index (κ3) is 5.71. The van der Waals surface area contributed by atoms with Gasteiger partial charge in [-0.25, -0.2) is 0 Å². The summed E-state index contributed by atoms with van der Waals surface area (Å²) in [7, 11) is 1.86. The Morgan fingerprint density at radius 1 is 1.29 bits per heavy atom. The first-order chi connectivity index (χ1) is 13.7. The number of piperidine rings is 1.